The number of fused-ring (bicyclic) bond motifs is 1. The van der Waals surface area contributed by atoms with E-state index in [1.165, 1.54) is 16.3 Å². The Labute approximate surface area is 155 Å². The van der Waals surface area contributed by atoms with Crippen LogP contribution in [0.2, 0.25) is 0 Å². The van der Waals surface area contributed by atoms with Crippen molar-refractivity contribution in [3.05, 3.63) is 69.8 Å². The van der Waals surface area contributed by atoms with Crippen LogP contribution in [0.25, 0.3) is 10.6 Å². The highest BCUT2D eigenvalue weighted by molar-refractivity contribution is 7.13. The van der Waals surface area contributed by atoms with Crippen LogP contribution in [0, 0.1) is 0 Å². The normalized spacial score (nSPS) is 14.7. The molecule has 2 aromatic heterocycles. The minimum absolute atomic E-state index is 0.102. The molecule has 3 aromatic rings. The lowest BCUT2D eigenvalue weighted by Crippen LogP contribution is -2.42. The zero-order chi connectivity index (χ0) is 18.1. The van der Waals surface area contributed by atoms with Crippen molar-refractivity contribution in [1.29, 1.82) is 0 Å². The van der Waals surface area contributed by atoms with Gasteiger partial charge in [0.05, 0.1) is 4.88 Å². The predicted octanol–water partition coefficient (Wildman–Crippen LogP) is 3.51. The highest BCUT2D eigenvalue weighted by Gasteiger charge is 2.28. The molecule has 0 radical (unpaired) electrons. The van der Waals surface area contributed by atoms with Crippen LogP contribution in [-0.4, -0.2) is 22.2 Å². The molecular formula is C20H19N3O2S. The van der Waals surface area contributed by atoms with Crippen molar-refractivity contribution in [2.45, 2.75) is 25.8 Å². The van der Waals surface area contributed by atoms with E-state index in [0.717, 1.165) is 23.4 Å². The number of carbonyl (C=O) groups excluding carboxylic acids is 1. The van der Waals surface area contributed by atoms with Crippen LogP contribution < -0.4 is 10.5 Å². The van der Waals surface area contributed by atoms with Crippen LogP contribution in [0.15, 0.2) is 58.7 Å². The molecule has 1 aromatic carbocycles. The average molecular weight is 365 g/mol. The van der Waals surface area contributed by atoms with Gasteiger partial charge in [-0.3, -0.25) is 9.59 Å². The van der Waals surface area contributed by atoms with Crippen molar-refractivity contribution < 1.29 is 4.79 Å². The fourth-order valence-electron chi connectivity index (χ4n) is 3.35. The molecule has 0 N–H and O–H groups in total. The topological polar surface area (TPSA) is 55.2 Å². The molecule has 0 bridgehead atoms. The fourth-order valence-corrected chi connectivity index (χ4v) is 4.04. The molecule has 26 heavy (non-hydrogen) atoms. The number of hydrogen-bond acceptors (Lipinski definition) is 4. The van der Waals surface area contributed by atoms with Gasteiger partial charge in [-0.25, -0.2) is 4.68 Å². The molecule has 0 spiro atoms. The van der Waals surface area contributed by atoms with Gasteiger partial charge in [-0.1, -0.05) is 24.3 Å². The fraction of sp³-hybridized carbons (Fsp3) is 0.250. The number of nitrogens with zero attached hydrogens (tertiary/aromatic N) is 3. The third-order valence-corrected chi connectivity index (χ3v) is 5.59. The lowest BCUT2D eigenvalue weighted by atomic mass is 10.0. The maximum atomic E-state index is 13.1. The maximum Gasteiger partial charge on any atom is 0.267 e. The van der Waals surface area contributed by atoms with Crippen molar-refractivity contribution in [3.8, 4) is 10.6 Å². The van der Waals surface area contributed by atoms with Crippen LogP contribution >= 0.6 is 11.3 Å². The van der Waals surface area contributed by atoms with E-state index in [9.17, 15) is 9.59 Å². The molecule has 0 aliphatic carbocycles. The van der Waals surface area contributed by atoms with Gasteiger partial charge >= 0.3 is 0 Å². The summed E-state index contributed by atoms with van der Waals surface area (Å²) in [7, 11) is 0. The smallest absolute Gasteiger partial charge is 0.267 e. The van der Waals surface area contributed by atoms with Crippen LogP contribution in [0.1, 0.15) is 24.9 Å². The van der Waals surface area contributed by atoms with Crippen molar-refractivity contribution in [2.24, 2.45) is 0 Å². The Morgan fingerprint density at radius 3 is 2.81 bits per heavy atom. The van der Waals surface area contributed by atoms with Crippen molar-refractivity contribution in [2.75, 3.05) is 11.4 Å². The van der Waals surface area contributed by atoms with E-state index in [4.69, 9.17) is 0 Å². The number of hydrogen-bond donors (Lipinski definition) is 0. The number of carbonyl (C=O) groups is 1. The molecule has 5 nitrogen and oxygen atoms in total. The summed E-state index contributed by atoms with van der Waals surface area (Å²) < 4.78 is 1.30. The molecule has 1 aliphatic heterocycles. The number of aryl methyl sites for hydroxylation is 1. The lowest BCUT2D eigenvalue weighted by molar-refractivity contribution is -0.121. The molecule has 3 heterocycles. The maximum absolute atomic E-state index is 13.1. The largest absolute Gasteiger partial charge is 0.310 e. The molecule has 0 saturated heterocycles. The van der Waals surface area contributed by atoms with Gasteiger partial charge in [-0.2, -0.15) is 5.10 Å². The highest BCUT2D eigenvalue weighted by Crippen LogP contribution is 2.28. The summed E-state index contributed by atoms with van der Waals surface area (Å²) in [5.41, 5.74) is 2.56. The summed E-state index contributed by atoms with van der Waals surface area (Å²) in [6, 6.07) is 14.4. The summed E-state index contributed by atoms with van der Waals surface area (Å²) >= 11 is 1.56. The van der Waals surface area contributed by atoms with Crippen LogP contribution in [0.3, 0.4) is 0 Å². The molecular weight excluding hydrogens is 346 g/mol. The second-order valence-electron chi connectivity index (χ2n) is 6.38. The monoisotopic (exact) mass is 365 g/mol. The first-order valence-corrected chi connectivity index (χ1v) is 9.56. The van der Waals surface area contributed by atoms with Gasteiger partial charge in [0.15, 0.2) is 0 Å². The summed E-state index contributed by atoms with van der Waals surface area (Å²) in [6.07, 6.45) is 1.90. The van der Waals surface area contributed by atoms with Gasteiger partial charge in [-0.15, -0.1) is 11.3 Å². The van der Waals surface area contributed by atoms with E-state index < -0.39 is 6.04 Å². The van der Waals surface area contributed by atoms with Gasteiger partial charge in [0.2, 0.25) is 0 Å². The van der Waals surface area contributed by atoms with Gasteiger partial charge in [0, 0.05) is 18.3 Å². The van der Waals surface area contributed by atoms with Gasteiger partial charge in [0.25, 0.3) is 11.5 Å². The highest BCUT2D eigenvalue weighted by atomic mass is 32.1. The SMILES string of the molecule is CC(C(=O)N1CCCc2ccccc21)n1nc(-c2cccs2)ccc1=O. The zero-order valence-corrected chi connectivity index (χ0v) is 15.3. The van der Waals surface area contributed by atoms with Gasteiger partial charge < -0.3 is 4.90 Å². The number of benzene rings is 1. The van der Waals surface area contributed by atoms with Crippen LogP contribution in [-0.2, 0) is 11.2 Å². The Bertz CT molecular complexity index is 994. The quantitative estimate of drug-likeness (QED) is 0.714. The Morgan fingerprint density at radius 1 is 1.15 bits per heavy atom. The molecule has 1 amide bonds. The standard InChI is InChI=1S/C20H19N3O2S/c1-14(20(25)22-12-4-7-15-6-2-3-8-17(15)22)23-19(24)11-10-16(21-23)18-9-5-13-26-18/h2-3,5-6,8-11,13-14H,4,7,12H2,1H3. The first-order chi connectivity index (χ1) is 12.6. The number of aromatic nitrogens is 2. The van der Waals surface area contributed by atoms with E-state index in [1.807, 2.05) is 35.7 Å². The van der Waals surface area contributed by atoms with Crippen LogP contribution in [0.4, 0.5) is 5.69 Å². The molecule has 1 unspecified atom stereocenters. The summed E-state index contributed by atoms with van der Waals surface area (Å²) in [5, 5.41) is 6.42. The van der Waals surface area contributed by atoms with E-state index >= 15 is 0 Å². The third kappa shape index (κ3) is 2.97. The minimum atomic E-state index is -0.659. The van der Waals surface area contributed by atoms with Gasteiger partial charge in [0.1, 0.15) is 11.7 Å². The summed E-state index contributed by atoms with van der Waals surface area (Å²) in [5.74, 6) is -0.102. The average Bonchev–Trinajstić information content (AvgIpc) is 3.21. The first-order valence-electron chi connectivity index (χ1n) is 8.68. The molecule has 0 fully saturated rings. The molecule has 1 atom stereocenters. The van der Waals surface area contributed by atoms with Crippen molar-refractivity contribution in [3.63, 3.8) is 0 Å². The van der Waals surface area contributed by atoms with E-state index in [2.05, 4.69) is 11.2 Å². The number of amides is 1. The molecule has 6 heteroatoms. The van der Waals surface area contributed by atoms with Crippen molar-refractivity contribution in [1.82, 2.24) is 9.78 Å². The zero-order valence-electron chi connectivity index (χ0n) is 14.5. The van der Waals surface area contributed by atoms with E-state index in [1.54, 1.807) is 29.2 Å². The van der Waals surface area contributed by atoms with Crippen molar-refractivity contribution >= 4 is 22.9 Å². The number of thiophene rings is 1. The van der Waals surface area contributed by atoms with Crippen LogP contribution in [0.5, 0.6) is 0 Å². The third-order valence-electron chi connectivity index (χ3n) is 4.70. The minimum Gasteiger partial charge on any atom is -0.310 e. The summed E-state index contributed by atoms with van der Waals surface area (Å²) in [6.45, 7) is 2.41. The Hall–Kier alpha value is -2.73. The molecule has 132 valence electrons. The molecule has 0 saturated carbocycles. The number of anilines is 1. The van der Waals surface area contributed by atoms with Gasteiger partial charge in [-0.05, 0) is 48.9 Å². The Kier molecular flexibility index (Phi) is 4.42. The predicted molar refractivity (Wildman–Crippen MR) is 104 cm³/mol. The first kappa shape index (κ1) is 16.7. The number of para-hydroxylation sites is 1. The second kappa shape index (κ2) is 6.88. The lowest BCUT2D eigenvalue weighted by Gasteiger charge is -2.31. The number of rotatable bonds is 3. The molecule has 1 aliphatic rings. The summed E-state index contributed by atoms with van der Waals surface area (Å²) in [4.78, 5) is 28.2. The van der Waals surface area contributed by atoms with E-state index in [0.29, 0.717) is 12.2 Å². The second-order valence-corrected chi connectivity index (χ2v) is 7.32. The van der Waals surface area contributed by atoms with E-state index in [-0.39, 0.29) is 11.5 Å². The Morgan fingerprint density at radius 2 is 2.00 bits per heavy atom. The Balaban J connectivity index is 1.68. The molecule has 4 rings (SSSR count).